The standard InChI is InChI=1S/C11H18N4O2S2/c1-2-13-11(18)15-9-3-5-10(6-4-9)19(16,17)14-8-7-12/h3-6,14H,2,7-8,12H2,1H3,(H2,13,15,18). The van der Waals surface area contributed by atoms with Crippen molar-refractivity contribution in [1.82, 2.24) is 10.0 Å². The molecule has 8 heteroatoms. The van der Waals surface area contributed by atoms with Gasteiger partial charge in [-0.05, 0) is 43.4 Å². The Labute approximate surface area is 118 Å². The molecule has 5 N–H and O–H groups in total. The molecule has 0 aromatic heterocycles. The number of sulfonamides is 1. The molecule has 106 valence electrons. The molecule has 1 rings (SSSR count). The van der Waals surface area contributed by atoms with Crippen LogP contribution in [-0.4, -0.2) is 33.2 Å². The van der Waals surface area contributed by atoms with E-state index in [4.69, 9.17) is 18.0 Å². The number of benzene rings is 1. The van der Waals surface area contributed by atoms with Crippen LogP contribution in [0.25, 0.3) is 0 Å². The molecule has 0 aliphatic rings. The first-order chi connectivity index (χ1) is 8.99. The highest BCUT2D eigenvalue weighted by Gasteiger charge is 2.12. The Bertz CT molecular complexity index is 514. The van der Waals surface area contributed by atoms with Crippen LogP contribution >= 0.6 is 12.2 Å². The van der Waals surface area contributed by atoms with Crippen LogP contribution in [0.1, 0.15) is 6.92 Å². The Morgan fingerprint density at radius 1 is 1.32 bits per heavy atom. The third-order valence-corrected chi connectivity index (χ3v) is 3.92. The van der Waals surface area contributed by atoms with Crippen LogP contribution in [0.5, 0.6) is 0 Å². The lowest BCUT2D eigenvalue weighted by molar-refractivity contribution is 0.582. The summed E-state index contributed by atoms with van der Waals surface area (Å²) in [7, 11) is -3.48. The van der Waals surface area contributed by atoms with Crippen molar-refractivity contribution in [3.8, 4) is 0 Å². The summed E-state index contributed by atoms with van der Waals surface area (Å²) < 4.78 is 26.0. The summed E-state index contributed by atoms with van der Waals surface area (Å²) in [4.78, 5) is 0.195. The summed E-state index contributed by atoms with van der Waals surface area (Å²) in [6, 6.07) is 6.33. The monoisotopic (exact) mass is 302 g/mol. The molecule has 0 aliphatic carbocycles. The van der Waals surface area contributed by atoms with E-state index in [2.05, 4.69) is 15.4 Å². The highest BCUT2D eigenvalue weighted by Crippen LogP contribution is 2.13. The van der Waals surface area contributed by atoms with Crippen LogP contribution in [0.4, 0.5) is 5.69 Å². The van der Waals surface area contributed by atoms with Crippen molar-refractivity contribution < 1.29 is 8.42 Å². The molecule has 0 amide bonds. The number of hydrogen-bond acceptors (Lipinski definition) is 4. The molecule has 0 heterocycles. The van der Waals surface area contributed by atoms with Gasteiger partial charge in [0.25, 0.3) is 0 Å². The van der Waals surface area contributed by atoms with E-state index >= 15 is 0 Å². The van der Waals surface area contributed by atoms with Gasteiger partial charge >= 0.3 is 0 Å². The first-order valence-corrected chi connectivity index (χ1v) is 7.73. The van der Waals surface area contributed by atoms with Crippen molar-refractivity contribution >= 4 is 33.0 Å². The molecule has 19 heavy (non-hydrogen) atoms. The van der Waals surface area contributed by atoms with Crippen molar-refractivity contribution in [2.75, 3.05) is 25.0 Å². The minimum Gasteiger partial charge on any atom is -0.363 e. The van der Waals surface area contributed by atoms with E-state index in [0.29, 0.717) is 5.11 Å². The minimum absolute atomic E-state index is 0.195. The van der Waals surface area contributed by atoms with Crippen molar-refractivity contribution in [1.29, 1.82) is 0 Å². The molecule has 0 atom stereocenters. The second kappa shape index (κ2) is 7.39. The number of anilines is 1. The smallest absolute Gasteiger partial charge is 0.240 e. The molecular weight excluding hydrogens is 284 g/mol. The highest BCUT2D eigenvalue weighted by molar-refractivity contribution is 7.89. The molecule has 6 nitrogen and oxygen atoms in total. The van der Waals surface area contributed by atoms with Gasteiger partial charge in [-0.1, -0.05) is 0 Å². The predicted octanol–water partition coefficient (Wildman–Crippen LogP) is 0.230. The molecule has 0 saturated carbocycles. The molecule has 0 aliphatic heterocycles. The maximum absolute atomic E-state index is 11.8. The molecule has 0 bridgehead atoms. The fraction of sp³-hybridized carbons (Fsp3) is 0.364. The normalized spacial score (nSPS) is 11.1. The van der Waals surface area contributed by atoms with Crippen molar-refractivity contribution in [2.24, 2.45) is 5.73 Å². The fourth-order valence-electron chi connectivity index (χ4n) is 1.33. The van der Waals surface area contributed by atoms with Crippen LogP contribution in [0.3, 0.4) is 0 Å². The molecule has 0 spiro atoms. The Morgan fingerprint density at radius 2 is 1.95 bits per heavy atom. The van der Waals surface area contributed by atoms with Crippen LogP contribution in [0.2, 0.25) is 0 Å². The molecule has 0 fully saturated rings. The molecule has 0 unspecified atom stereocenters. The highest BCUT2D eigenvalue weighted by atomic mass is 32.2. The summed E-state index contributed by atoms with van der Waals surface area (Å²) in [5.41, 5.74) is 5.99. The topological polar surface area (TPSA) is 96.2 Å². The van der Waals surface area contributed by atoms with E-state index in [0.717, 1.165) is 12.2 Å². The van der Waals surface area contributed by atoms with E-state index in [1.165, 1.54) is 12.1 Å². The van der Waals surface area contributed by atoms with Gasteiger partial charge < -0.3 is 16.4 Å². The first kappa shape index (κ1) is 15.8. The molecule has 1 aromatic carbocycles. The average Bonchev–Trinajstić information content (AvgIpc) is 2.37. The van der Waals surface area contributed by atoms with Gasteiger partial charge in [0.2, 0.25) is 10.0 Å². The summed E-state index contributed by atoms with van der Waals surface area (Å²) in [5, 5.41) is 6.39. The van der Waals surface area contributed by atoms with Crippen LogP contribution in [0, 0.1) is 0 Å². The number of thiocarbonyl (C=S) groups is 1. The van der Waals surface area contributed by atoms with E-state index in [1.54, 1.807) is 12.1 Å². The Balaban J connectivity index is 2.73. The zero-order valence-corrected chi connectivity index (χ0v) is 12.3. The van der Waals surface area contributed by atoms with Crippen LogP contribution in [0.15, 0.2) is 29.2 Å². The lowest BCUT2D eigenvalue weighted by Crippen LogP contribution is -2.29. The van der Waals surface area contributed by atoms with Gasteiger partial charge in [0, 0.05) is 25.3 Å². The molecule has 0 radical (unpaired) electrons. The van der Waals surface area contributed by atoms with Gasteiger partial charge in [0.1, 0.15) is 0 Å². The van der Waals surface area contributed by atoms with E-state index in [-0.39, 0.29) is 18.0 Å². The second-order valence-corrected chi connectivity index (χ2v) is 5.87. The van der Waals surface area contributed by atoms with Gasteiger partial charge in [0.15, 0.2) is 5.11 Å². The summed E-state index contributed by atoms with van der Waals surface area (Å²) in [6.45, 7) is 3.14. The lowest BCUT2D eigenvalue weighted by Gasteiger charge is -2.10. The summed E-state index contributed by atoms with van der Waals surface area (Å²) in [5.74, 6) is 0. The lowest BCUT2D eigenvalue weighted by atomic mass is 10.3. The number of rotatable bonds is 6. The second-order valence-electron chi connectivity index (χ2n) is 3.70. The van der Waals surface area contributed by atoms with E-state index in [1.807, 2.05) is 6.92 Å². The third kappa shape index (κ3) is 5.11. The van der Waals surface area contributed by atoms with Gasteiger partial charge in [-0.15, -0.1) is 0 Å². The van der Waals surface area contributed by atoms with Gasteiger partial charge in [-0.3, -0.25) is 0 Å². The molecule has 1 aromatic rings. The maximum Gasteiger partial charge on any atom is 0.240 e. The number of nitrogens with two attached hydrogens (primary N) is 1. The zero-order valence-electron chi connectivity index (χ0n) is 10.6. The predicted molar refractivity (Wildman–Crippen MR) is 80.6 cm³/mol. The zero-order chi connectivity index (χ0) is 14.3. The number of nitrogens with one attached hydrogen (secondary N) is 3. The van der Waals surface area contributed by atoms with Crippen molar-refractivity contribution in [2.45, 2.75) is 11.8 Å². The van der Waals surface area contributed by atoms with Crippen LogP contribution in [-0.2, 0) is 10.0 Å². The Hall–Kier alpha value is -1.22. The van der Waals surface area contributed by atoms with Crippen molar-refractivity contribution in [3.63, 3.8) is 0 Å². The fourth-order valence-corrected chi connectivity index (χ4v) is 2.64. The Morgan fingerprint density at radius 3 is 2.47 bits per heavy atom. The molecular formula is C11H18N4O2S2. The summed E-state index contributed by atoms with van der Waals surface area (Å²) in [6.07, 6.45) is 0. The largest absolute Gasteiger partial charge is 0.363 e. The van der Waals surface area contributed by atoms with Crippen LogP contribution < -0.4 is 21.1 Å². The Kier molecular flexibility index (Phi) is 6.16. The third-order valence-electron chi connectivity index (χ3n) is 2.20. The number of hydrogen-bond donors (Lipinski definition) is 4. The molecule has 0 saturated heterocycles. The van der Waals surface area contributed by atoms with E-state index < -0.39 is 10.0 Å². The maximum atomic E-state index is 11.8. The summed E-state index contributed by atoms with van der Waals surface area (Å²) >= 11 is 5.03. The SMILES string of the molecule is CCNC(=S)Nc1ccc(S(=O)(=O)NCCN)cc1. The minimum atomic E-state index is -3.48. The van der Waals surface area contributed by atoms with Gasteiger partial charge in [-0.25, -0.2) is 13.1 Å². The van der Waals surface area contributed by atoms with Crippen molar-refractivity contribution in [3.05, 3.63) is 24.3 Å². The van der Waals surface area contributed by atoms with Gasteiger partial charge in [-0.2, -0.15) is 0 Å². The average molecular weight is 302 g/mol. The van der Waals surface area contributed by atoms with E-state index in [9.17, 15) is 8.42 Å². The quantitative estimate of drug-likeness (QED) is 0.562. The van der Waals surface area contributed by atoms with Gasteiger partial charge in [0.05, 0.1) is 4.90 Å². The first-order valence-electron chi connectivity index (χ1n) is 5.84.